The summed E-state index contributed by atoms with van der Waals surface area (Å²) in [7, 11) is -3.45. The van der Waals surface area contributed by atoms with Crippen molar-refractivity contribution in [2.24, 2.45) is 0 Å². The molecular weight excluding hydrogens is 308 g/mol. The van der Waals surface area contributed by atoms with Gasteiger partial charge in [0, 0.05) is 24.5 Å². The summed E-state index contributed by atoms with van der Waals surface area (Å²) in [5.41, 5.74) is 0. The summed E-state index contributed by atoms with van der Waals surface area (Å²) >= 11 is 1.18. The second-order valence-electron chi connectivity index (χ2n) is 5.39. The summed E-state index contributed by atoms with van der Waals surface area (Å²) in [6.45, 7) is 5.07. The average molecular weight is 330 g/mol. The largest absolute Gasteiger partial charge is 0.349 e. The number of amides is 1. The second kappa shape index (κ2) is 6.89. The van der Waals surface area contributed by atoms with Gasteiger partial charge < -0.3 is 5.32 Å². The number of sulfonamides is 1. The van der Waals surface area contributed by atoms with Crippen molar-refractivity contribution in [1.29, 1.82) is 0 Å². The van der Waals surface area contributed by atoms with Gasteiger partial charge in [-0.05, 0) is 32.3 Å². The van der Waals surface area contributed by atoms with E-state index in [2.05, 4.69) is 5.32 Å². The predicted octanol–water partition coefficient (Wildman–Crippen LogP) is 2.45. The molecule has 0 bridgehead atoms. The molecule has 1 aromatic rings. The lowest BCUT2D eigenvalue weighted by molar-refractivity contribution is 0.0943. The highest BCUT2D eigenvalue weighted by atomic mass is 32.2. The normalized spacial score (nSPS) is 18.4. The number of nitrogens with one attached hydrogen (secondary N) is 1. The Balaban J connectivity index is 2.13. The molecule has 0 radical (unpaired) electrons. The minimum atomic E-state index is -3.45. The Bertz CT molecular complexity index is 589. The van der Waals surface area contributed by atoms with Crippen LogP contribution in [0.2, 0.25) is 0 Å². The first-order valence-electron chi connectivity index (χ1n) is 7.34. The van der Waals surface area contributed by atoms with E-state index in [4.69, 9.17) is 0 Å². The molecule has 1 fully saturated rings. The highest BCUT2D eigenvalue weighted by Crippen LogP contribution is 2.25. The lowest BCUT2D eigenvalue weighted by Gasteiger charge is -2.25. The maximum absolute atomic E-state index is 12.5. The molecule has 2 heterocycles. The molecule has 0 unspecified atom stereocenters. The van der Waals surface area contributed by atoms with Gasteiger partial charge >= 0.3 is 0 Å². The van der Waals surface area contributed by atoms with E-state index in [-0.39, 0.29) is 16.8 Å². The zero-order valence-corrected chi connectivity index (χ0v) is 14.1. The number of carbonyl (C=O) groups excluding carboxylic acids is 1. The summed E-state index contributed by atoms with van der Waals surface area (Å²) in [6.07, 6.45) is 3.74. The van der Waals surface area contributed by atoms with Crippen molar-refractivity contribution in [3.05, 3.63) is 16.3 Å². The molecule has 1 amide bonds. The van der Waals surface area contributed by atoms with Crippen LogP contribution in [0, 0.1) is 0 Å². The molecule has 21 heavy (non-hydrogen) atoms. The zero-order valence-electron chi connectivity index (χ0n) is 12.5. The monoisotopic (exact) mass is 330 g/mol. The van der Waals surface area contributed by atoms with Gasteiger partial charge in [-0.3, -0.25) is 4.79 Å². The smallest absolute Gasteiger partial charge is 0.261 e. The van der Waals surface area contributed by atoms with Crippen molar-refractivity contribution in [2.45, 2.75) is 50.5 Å². The maximum atomic E-state index is 12.5. The van der Waals surface area contributed by atoms with Gasteiger partial charge in [-0.25, -0.2) is 8.42 Å². The summed E-state index contributed by atoms with van der Waals surface area (Å²) in [5, 5.41) is 4.42. The molecule has 118 valence electrons. The molecule has 0 spiro atoms. The van der Waals surface area contributed by atoms with E-state index in [1.807, 2.05) is 13.8 Å². The fourth-order valence-electron chi connectivity index (χ4n) is 2.22. The van der Waals surface area contributed by atoms with E-state index in [9.17, 15) is 13.2 Å². The number of thiophene rings is 1. The van der Waals surface area contributed by atoms with Crippen molar-refractivity contribution in [1.82, 2.24) is 9.62 Å². The highest BCUT2D eigenvalue weighted by molar-refractivity contribution is 7.89. The third-order valence-electron chi connectivity index (χ3n) is 3.74. The molecule has 1 aromatic heterocycles. The Kier molecular flexibility index (Phi) is 5.40. The quantitative estimate of drug-likeness (QED) is 0.902. The van der Waals surface area contributed by atoms with E-state index < -0.39 is 10.0 Å². The van der Waals surface area contributed by atoms with Crippen LogP contribution in [-0.4, -0.2) is 37.8 Å². The van der Waals surface area contributed by atoms with Crippen LogP contribution in [0.15, 0.2) is 16.3 Å². The van der Waals surface area contributed by atoms with Crippen LogP contribution in [0.3, 0.4) is 0 Å². The van der Waals surface area contributed by atoms with Crippen LogP contribution in [0.25, 0.3) is 0 Å². The number of piperidine rings is 1. The molecular formula is C14H22N2O3S2. The summed E-state index contributed by atoms with van der Waals surface area (Å²) in [5.74, 6) is -0.200. The Morgan fingerprint density at radius 3 is 2.67 bits per heavy atom. The number of rotatable bonds is 5. The lowest BCUT2D eigenvalue weighted by atomic mass is 10.2. The number of hydrogen-bond donors (Lipinski definition) is 1. The van der Waals surface area contributed by atoms with E-state index >= 15 is 0 Å². The van der Waals surface area contributed by atoms with Crippen LogP contribution in [0.1, 0.15) is 49.2 Å². The highest BCUT2D eigenvalue weighted by Gasteiger charge is 2.27. The van der Waals surface area contributed by atoms with Gasteiger partial charge in [0.15, 0.2) is 0 Å². The van der Waals surface area contributed by atoms with Crippen LogP contribution in [0.4, 0.5) is 0 Å². The predicted molar refractivity (Wildman–Crippen MR) is 84.1 cm³/mol. The maximum Gasteiger partial charge on any atom is 0.261 e. The van der Waals surface area contributed by atoms with E-state index in [1.54, 1.807) is 5.38 Å². The first kappa shape index (κ1) is 16.5. The fraction of sp³-hybridized carbons (Fsp3) is 0.643. The minimum Gasteiger partial charge on any atom is -0.349 e. The van der Waals surface area contributed by atoms with Gasteiger partial charge in [-0.1, -0.05) is 13.3 Å². The molecule has 1 N–H and O–H groups in total. The summed E-state index contributed by atoms with van der Waals surface area (Å²) in [6, 6.07) is 1.58. The van der Waals surface area contributed by atoms with Crippen LogP contribution in [-0.2, 0) is 10.0 Å². The second-order valence-corrected chi connectivity index (χ2v) is 8.24. The third-order valence-corrected chi connectivity index (χ3v) is 6.70. The van der Waals surface area contributed by atoms with E-state index in [0.717, 1.165) is 25.7 Å². The van der Waals surface area contributed by atoms with Crippen molar-refractivity contribution in [2.75, 3.05) is 13.1 Å². The first-order valence-corrected chi connectivity index (χ1v) is 9.66. The standard InChI is InChI=1S/C14H22N2O3S2/c1-3-11(2)15-14(17)13-9-12(10-20-13)21(18,19)16-7-5-4-6-8-16/h9-11H,3-8H2,1-2H3,(H,15,17)/t11-/m0/s1. The van der Waals surface area contributed by atoms with Crippen molar-refractivity contribution < 1.29 is 13.2 Å². The number of nitrogens with zero attached hydrogens (tertiary/aromatic N) is 1. The number of carbonyl (C=O) groups is 1. The van der Waals surface area contributed by atoms with E-state index in [1.165, 1.54) is 21.7 Å². The van der Waals surface area contributed by atoms with E-state index in [0.29, 0.717) is 18.0 Å². The molecule has 7 heteroatoms. The van der Waals surface area contributed by atoms with Gasteiger partial charge in [-0.2, -0.15) is 4.31 Å². The van der Waals surface area contributed by atoms with Crippen molar-refractivity contribution >= 4 is 27.3 Å². The van der Waals surface area contributed by atoms with Crippen LogP contribution < -0.4 is 5.32 Å². The van der Waals surface area contributed by atoms with Crippen LogP contribution >= 0.6 is 11.3 Å². The van der Waals surface area contributed by atoms with Gasteiger partial charge in [0.1, 0.15) is 0 Å². The summed E-state index contributed by atoms with van der Waals surface area (Å²) in [4.78, 5) is 12.7. The molecule has 5 nitrogen and oxygen atoms in total. The molecule has 1 atom stereocenters. The molecule has 2 rings (SSSR count). The molecule has 1 saturated heterocycles. The topological polar surface area (TPSA) is 66.5 Å². The van der Waals surface area contributed by atoms with Gasteiger partial charge in [0.25, 0.3) is 5.91 Å². The minimum absolute atomic E-state index is 0.0850. The zero-order chi connectivity index (χ0) is 15.5. The SMILES string of the molecule is CC[C@H](C)NC(=O)c1cc(S(=O)(=O)N2CCCCC2)cs1. The van der Waals surface area contributed by atoms with Crippen LogP contribution in [0.5, 0.6) is 0 Å². The molecule has 0 aromatic carbocycles. The van der Waals surface area contributed by atoms with Gasteiger partial charge in [0.05, 0.1) is 9.77 Å². The Labute approximate surface area is 130 Å². The average Bonchev–Trinajstić information content (AvgIpc) is 2.98. The number of hydrogen-bond acceptors (Lipinski definition) is 4. The Hall–Kier alpha value is -0.920. The molecule has 0 aliphatic carbocycles. The lowest BCUT2D eigenvalue weighted by Crippen LogP contribution is -2.35. The fourth-order valence-corrected chi connectivity index (χ4v) is 4.91. The molecule has 1 aliphatic rings. The van der Waals surface area contributed by atoms with Gasteiger partial charge in [0.2, 0.25) is 10.0 Å². The Morgan fingerprint density at radius 1 is 1.38 bits per heavy atom. The van der Waals surface area contributed by atoms with Gasteiger partial charge in [-0.15, -0.1) is 11.3 Å². The Morgan fingerprint density at radius 2 is 2.05 bits per heavy atom. The summed E-state index contributed by atoms with van der Waals surface area (Å²) < 4.78 is 26.5. The van der Waals surface area contributed by atoms with Crippen molar-refractivity contribution in [3.63, 3.8) is 0 Å². The molecule has 1 aliphatic heterocycles. The van der Waals surface area contributed by atoms with Crippen molar-refractivity contribution in [3.8, 4) is 0 Å². The first-order chi connectivity index (χ1) is 9.95. The molecule has 0 saturated carbocycles. The third kappa shape index (κ3) is 3.84.